The Hall–Kier alpha value is -2.68. The standard InChI is InChI=1S/C19H18N2O/c1-2-8-16-11-6-7-12-18(16)22-19-13-17(14-20-21-19)15-9-4-3-5-10-15/h3-7,9-14H,2,8H2,1H3. The van der Waals surface area contributed by atoms with E-state index in [2.05, 4.69) is 23.2 Å². The van der Waals surface area contributed by atoms with Crippen LogP contribution in [-0.2, 0) is 6.42 Å². The predicted octanol–water partition coefficient (Wildman–Crippen LogP) is 4.89. The number of rotatable bonds is 5. The lowest BCUT2D eigenvalue weighted by atomic mass is 10.1. The van der Waals surface area contributed by atoms with E-state index < -0.39 is 0 Å². The number of ether oxygens (including phenoxy) is 1. The van der Waals surface area contributed by atoms with Crippen LogP contribution in [0.2, 0.25) is 0 Å². The van der Waals surface area contributed by atoms with Gasteiger partial charge in [-0.1, -0.05) is 61.9 Å². The summed E-state index contributed by atoms with van der Waals surface area (Å²) in [6.45, 7) is 2.16. The number of hydrogen-bond donors (Lipinski definition) is 0. The van der Waals surface area contributed by atoms with Gasteiger partial charge in [-0.25, -0.2) is 0 Å². The van der Waals surface area contributed by atoms with Crippen molar-refractivity contribution in [3.8, 4) is 22.8 Å². The van der Waals surface area contributed by atoms with E-state index in [0.29, 0.717) is 5.88 Å². The van der Waals surface area contributed by atoms with Crippen molar-refractivity contribution in [3.05, 3.63) is 72.4 Å². The van der Waals surface area contributed by atoms with Gasteiger partial charge in [0.1, 0.15) is 5.75 Å². The molecule has 0 radical (unpaired) electrons. The molecule has 110 valence electrons. The molecule has 3 nitrogen and oxygen atoms in total. The normalized spacial score (nSPS) is 10.4. The van der Waals surface area contributed by atoms with Gasteiger partial charge in [0.15, 0.2) is 0 Å². The Labute approximate surface area is 130 Å². The molecule has 0 aliphatic heterocycles. The van der Waals surface area contributed by atoms with Gasteiger partial charge < -0.3 is 4.74 Å². The molecule has 1 aromatic heterocycles. The highest BCUT2D eigenvalue weighted by atomic mass is 16.5. The highest BCUT2D eigenvalue weighted by molar-refractivity contribution is 5.63. The van der Waals surface area contributed by atoms with Crippen molar-refractivity contribution >= 4 is 0 Å². The number of nitrogens with zero attached hydrogens (tertiary/aromatic N) is 2. The van der Waals surface area contributed by atoms with E-state index in [4.69, 9.17) is 4.74 Å². The lowest BCUT2D eigenvalue weighted by molar-refractivity contribution is 0.449. The molecule has 0 aliphatic rings. The van der Waals surface area contributed by atoms with Crippen molar-refractivity contribution in [1.29, 1.82) is 0 Å². The third kappa shape index (κ3) is 3.31. The average Bonchev–Trinajstić information content (AvgIpc) is 2.58. The van der Waals surface area contributed by atoms with Crippen molar-refractivity contribution in [2.45, 2.75) is 19.8 Å². The summed E-state index contributed by atoms with van der Waals surface area (Å²) in [5, 5.41) is 8.15. The molecule has 0 saturated heterocycles. The van der Waals surface area contributed by atoms with E-state index in [-0.39, 0.29) is 0 Å². The van der Waals surface area contributed by atoms with Crippen LogP contribution in [0.25, 0.3) is 11.1 Å². The fourth-order valence-corrected chi connectivity index (χ4v) is 2.38. The lowest BCUT2D eigenvalue weighted by Gasteiger charge is -2.10. The fraction of sp³-hybridized carbons (Fsp3) is 0.158. The van der Waals surface area contributed by atoms with Gasteiger partial charge in [0.2, 0.25) is 5.88 Å². The van der Waals surface area contributed by atoms with E-state index >= 15 is 0 Å². The van der Waals surface area contributed by atoms with Crippen LogP contribution in [0.15, 0.2) is 66.9 Å². The molecule has 0 atom stereocenters. The number of para-hydroxylation sites is 1. The van der Waals surface area contributed by atoms with Crippen LogP contribution >= 0.6 is 0 Å². The van der Waals surface area contributed by atoms with Gasteiger partial charge in [0, 0.05) is 11.6 Å². The van der Waals surface area contributed by atoms with E-state index in [9.17, 15) is 0 Å². The van der Waals surface area contributed by atoms with E-state index in [0.717, 1.165) is 29.7 Å². The van der Waals surface area contributed by atoms with Crippen molar-refractivity contribution < 1.29 is 4.74 Å². The number of hydrogen-bond acceptors (Lipinski definition) is 3. The van der Waals surface area contributed by atoms with Crippen LogP contribution in [0.4, 0.5) is 0 Å². The average molecular weight is 290 g/mol. The fourth-order valence-electron chi connectivity index (χ4n) is 2.38. The molecule has 22 heavy (non-hydrogen) atoms. The van der Waals surface area contributed by atoms with Gasteiger partial charge in [-0.05, 0) is 23.6 Å². The zero-order valence-electron chi connectivity index (χ0n) is 12.6. The maximum atomic E-state index is 5.95. The van der Waals surface area contributed by atoms with Crippen LogP contribution in [0, 0.1) is 0 Å². The third-order valence-electron chi connectivity index (χ3n) is 3.45. The Morgan fingerprint density at radius 3 is 2.50 bits per heavy atom. The maximum absolute atomic E-state index is 5.95. The SMILES string of the molecule is CCCc1ccccc1Oc1cc(-c2ccccc2)cnn1. The Balaban J connectivity index is 1.88. The molecule has 0 bridgehead atoms. The second-order valence-corrected chi connectivity index (χ2v) is 5.11. The molecule has 0 aliphatic carbocycles. The lowest BCUT2D eigenvalue weighted by Crippen LogP contribution is -1.95. The van der Waals surface area contributed by atoms with Crippen LogP contribution < -0.4 is 4.74 Å². The first-order chi connectivity index (χ1) is 10.9. The Morgan fingerprint density at radius 2 is 1.68 bits per heavy atom. The number of benzene rings is 2. The third-order valence-corrected chi connectivity index (χ3v) is 3.45. The molecule has 0 fully saturated rings. The zero-order valence-corrected chi connectivity index (χ0v) is 12.6. The minimum Gasteiger partial charge on any atom is -0.437 e. The molecule has 1 heterocycles. The van der Waals surface area contributed by atoms with Gasteiger partial charge in [-0.15, -0.1) is 5.10 Å². The largest absolute Gasteiger partial charge is 0.437 e. The molecule has 0 saturated carbocycles. The molecule has 0 unspecified atom stereocenters. The second-order valence-electron chi connectivity index (χ2n) is 5.11. The number of aromatic nitrogens is 2. The molecule has 3 aromatic rings. The first kappa shape index (κ1) is 14.3. The minimum atomic E-state index is 0.518. The Kier molecular flexibility index (Phi) is 4.44. The first-order valence-corrected chi connectivity index (χ1v) is 7.50. The minimum absolute atomic E-state index is 0.518. The zero-order chi connectivity index (χ0) is 15.2. The van der Waals surface area contributed by atoms with Crippen LogP contribution in [0.3, 0.4) is 0 Å². The van der Waals surface area contributed by atoms with Gasteiger partial charge in [-0.3, -0.25) is 0 Å². The maximum Gasteiger partial charge on any atom is 0.239 e. The second kappa shape index (κ2) is 6.85. The monoisotopic (exact) mass is 290 g/mol. The summed E-state index contributed by atoms with van der Waals surface area (Å²) < 4.78 is 5.95. The molecule has 3 heteroatoms. The van der Waals surface area contributed by atoms with E-state index in [1.54, 1.807) is 6.20 Å². The van der Waals surface area contributed by atoms with Gasteiger partial charge >= 0.3 is 0 Å². The smallest absolute Gasteiger partial charge is 0.239 e. The molecule has 0 amide bonds. The van der Waals surface area contributed by atoms with Crippen molar-refractivity contribution in [2.75, 3.05) is 0 Å². The summed E-state index contributed by atoms with van der Waals surface area (Å²) >= 11 is 0. The van der Waals surface area contributed by atoms with Crippen LogP contribution in [-0.4, -0.2) is 10.2 Å². The molecular formula is C19H18N2O. The molecule has 2 aromatic carbocycles. The summed E-state index contributed by atoms with van der Waals surface area (Å²) in [4.78, 5) is 0. The van der Waals surface area contributed by atoms with Crippen molar-refractivity contribution in [3.63, 3.8) is 0 Å². The highest BCUT2D eigenvalue weighted by Crippen LogP contribution is 2.27. The van der Waals surface area contributed by atoms with Gasteiger partial charge in [-0.2, -0.15) is 5.10 Å². The Bertz CT molecular complexity index is 741. The predicted molar refractivity (Wildman–Crippen MR) is 88.0 cm³/mol. The summed E-state index contributed by atoms with van der Waals surface area (Å²) in [5.74, 6) is 1.37. The van der Waals surface area contributed by atoms with Gasteiger partial charge in [0.05, 0.1) is 6.20 Å². The molecule has 3 rings (SSSR count). The van der Waals surface area contributed by atoms with E-state index in [1.807, 2.05) is 54.6 Å². The van der Waals surface area contributed by atoms with Gasteiger partial charge in [0.25, 0.3) is 0 Å². The topological polar surface area (TPSA) is 35.0 Å². The quantitative estimate of drug-likeness (QED) is 0.671. The van der Waals surface area contributed by atoms with E-state index in [1.165, 1.54) is 5.56 Å². The first-order valence-electron chi connectivity index (χ1n) is 7.50. The molecule has 0 spiro atoms. The van der Waals surface area contributed by atoms with Crippen LogP contribution in [0.1, 0.15) is 18.9 Å². The number of aryl methyl sites for hydroxylation is 1. The summed E-state index contributed by atoms with van der Waals surface area (Å²) in [5.41, 5.74) is 3.29. The Morgan fingerprint density at radius 1 is 0.909 bits per heavy atom. The summed E-state index contributed by atoms with van der Waals surface area (Å²) in [7, 11) is 0. The molecular weight excluding hydrogens is 272 g/mol. The van der Waals surface area contributed by atoms with Crippen LogP contribution in [0.5, 0.6) is 11.6 Å². The van der Waals surface area contributed by atoms with Crippen molar-refractivity contribution in [2.24, 2.45) is 0 Å². The highest BCUT2D eigenvalue weighted by Gasteiger charge is 2.06. The summed E-state index contributed by atoms with van der Waals surface area (Å²) in [6, 6.07) is 20.1. The molecule has 0 N–H and O–H groups in total. The van der Waals surface area contributed by atoms with Crippen molar-refractivity contribution in [1.82, 2.24) is 10.2 Å². The summed E-state index contributed by atoms with van der Waals surface area (Å²) in [6.07, 6.45) is 3.82.